The normalized spacial score (nSPS) is 11.4. The summed E-state index contributed by atoms with van der Waals surface area (Å²) in [4.78, 5) is 22.5. The molecule has 0 heterocycles. The Bertz CT molecular complexity index is 1370. The first-order valence-electron chi connectivity index (χ1n) is 10.3. The van der Waals surface area contributed by atoms with Crippen molar-refractivity contribution in [3.8, 4) is 11.5 Å². The van der Waals surface area contributed by atoms with Gasteiger partial charge < -0.3 is 20.4 Å². The predicted molar refractivity (Wildman–Crippen MR) is 132 cm³/mol. The molecule has 0 atom stereocenters. The van der Waals surface area contributed by atoms with Crippen molar-refractivity contribution >= 4 is 47.0 Å². The van der Waals surface area contributed by atoms with Gasteiger partial charge in [-0.05, 0) is 57.3 Å². The third-order valence-corrected chi connectivity index (χ3v) is 5.40. The largest absolute Gasteiger partial charge is 0.507 e. The fourth-order valence-electron chi connectivity index (χ4n) is 3.67. The number of benzene rings is 4. The Morgan fingerprint density at radius 3 is 1.35 bits per heavy atom. The standard InChI is InChI=1S/C28H20O6/c29-25-13-7-17(15-23(25)27(31)32)5-9-19-11-12-20(22-4-2-1-3-21(19)22)10-6-18-8-14-26(30)24(16-18)28(33)34/h1-16,29-30H,(H,31,32)(H,33,34). The smallest absolute Gasteiger partial charge is 0.339 e. The number of aromatic hydroxyl groups is 2. The van der Waals surface area contributed by atoms with Gasteiger partial charge in [0.1, 0.15) is 22.6 Å². The van der Waals surface area contributed by atoms with Gasteiger partial charge in [0.05, 0.1) is 0 Å². The molecule has 168 valence electrons. The summed E-state index contributed by atoms with van der Waals surface area (Å²) in [5.41, 5.74) is 2.82. The van der Waals surface area contributed by atoms with E-state index in [9.17, 15) is 30.0 Å². The average molecular weight is 452 g/mol. The van der Waals surface area contributed by atoms with Crippen LogP contribution in [0.15, 0.2) is 72.8 Å². The van der Waals surface area contributed by atoms with Crippen molar-refractivity contribution in [2.75, 3.05) is 0 Å². The van der Waals surface area contributed by atoms with Gasteiger partial charge in [-0.2, -0.15) is 0 Å². The first kappa shape index (κ1) is 22.4. The van der Waals surface area contributed by atoms with E-state index in [0.29, 0.717) is 11.1 Å². The molecule has 0 saturated carbocycles. The van der Waals surface area contributed by atoms with Crippen LogP contribution in [0.25, 0.3) is 35.1 Å². The van der Waals surface area contributed by atoms with E-state index in [2.05, 4.69) is 0 Å². The molecule has 0 aliphatic rings. The Hall–Kier alpha value is -4.84. The van der Waals surface area contributed by atoms with Crippen molar-refractivity contribution in [1.82, 2.24) is 0 Å². The first-order chi connectivity index (χ1) is 16.3. The fourth-order valence-corrected chi connectivity index (χ4v) is 3.67. The van der Waals surface area contributed by atoms with Crippen molar-refractivity contribution in [3.05, 3.63) is 106 Å². The van der Waals surface area contributed by atoms with E-state index in [1.165, 1.54) is 24.3 Å². The van der Waals surface area contributed by atoms with Crippen molar-refractivity contribution in [3.63, 3.8) is 0 Å². The molecule has 0 fully saturated rings. The van der Waals surface area contributed by atoms with Crippen LogP contribution in [-0.4, -0.2) is 32.4 Å². The van der Waals surface area contributed by atoms with Gasteiger partial charge in [0.2, 0.25) is 0 Å². The second-order valence-electron chi connectivity index (χ2n) is 7.62. The van der Waals surface area contributed by atoms with Crippen LogP contribution in [0, 0.1) is 0 Å². The number of phenols is 2. The molecule has 6 heteroatoms. The molecule has 0 radical (unpaired) electrons. The molecule has 0 amide bonds. The van der Waals surface area contributed by atoms with Gasteiger partial charge in [-0.15, -0.1) is 0 Å². The molecule has 0 aliphatic heterocycles. The highest BCUT2D eigenvalue weighted by molar-refractivity contribution is 5.99. The van der Waals surface area contributed by atoms with E-state index in [1.807, 2.05) is 48.6 Å². The summed E-state index contributed by atoms with van der Waals surface area (Å²) < 4.78 is 0. The lowest BCUT2D eigenvalue weighted by molar-refractivity contribution is 0.0682. The van der Waals surface area contributed by atoms with Gasteiger partial charge in [0.25, 0.3) is 0 Å². The van der Waals surface area contributed by atoms with Gasteiger partial charge >= 0.3 is 11.9 Å². The average Bonchev–Trinajstić information content (AvgIpc) is 2.83. The SMILES string of the molecule is O=C(O)c1cc(C=Cc2ccc(C=Cc3ccc(O)c(C(=O)O)c3)c3ccccc23)ccc1O. The number of rotatable bonds is 6. The van der Waals surface area contributed by atoms with E-state index < -0.39 is 11.9 Å². The maximum absolute atomic E-state index is 11.3. The molecule has 0 bridgehead atoms. The topological polar surface area (TPSA) is 115 Å². The molecule has 6 nitrogen and oxygen atoms in total. The van der Waals surface area contributed by atoms with E-state index in [4.69, 9.17) is 0 Å². The van der Waals surface area contributed by atoms with Crippen molar-refractivity contribution in [2.24, 2.45) is 0 Å². The highest BCUT2D eigenvalue weighted by atomic mass is 16.4. The van der Waals surface area contributed by atoms with Gasteiger partial charge in [0, 0.05) is 0 Å². The van der Waals surface area contributed by atoms with Crippen LogP contribution in [0.5, 0.6) is 11.5 Å². The summed E-state index contributed by atoms with van der Waals surface area (Å²) in [6.07, 6.45) is 7.33. The lowest BCUT2D eigenvalue weighted by Crippen LogP contribution is -1.96. The van der Waals surface area contributed by atoms with Crippen LogP contribution < -0.4 is 0 Å². The molecule has 4 aromatic rings. The lowest BCUT2D eigenvalue weighted by atomic mass is 9.97. The summed E-state index contributed by atoms with van der Waals surface area (Å²) in [7, 11) is 0. The molecule has 0 saturated heterocycles. The third kappa shape index (κ3) is 4.66. The van der Waals surface area contributed by atoms with Gasteiger partial charge in [-0.1, -0.05) is 72.8 Å². The zero-order valence-electron chi connectivity index (χ0n) is 17.8. The first-order valence-corrected chi connectivity index (χ1v) is 10.3. The quantitative estimate of drug-likeness (QED) is 0.267. The highest BCUT2D eigenvalue weighted by Gasteiger charge is 2.10. The number of carboxylic acid groups (broad SMARTS) is 2. The lowest BCUT2D eigenvalue weighted by Gasteiger charge is -2.07. The third-order valence-electron chi connectivity index (χ3n) is 5.40. The Kier molecular flexibility index (Phi) is 6.14. The Morgan fingerprint density at radius 2 is 0.971 bits per heavy atom. The Morgan fingerprint density at radius 1 is 0.559 bits per heavy atom. The Balaban J connectivity index is 1.68. The minimum absolute atomic E-state index is 0.159. The number of aromatic carboxylic acids is 2. The fraction of sp³-hybridized carbons (Fsp3) is 0. The summed E-state index contributed by atoms with van der Waals surface area (Å²) in [5, 5.41) is 39.8. The Labute approximate surface area is 195 Å². The summed E-state index contributed by atoms with van der Waals surface area (Å²) in [5.74, 6) is -2.96. The number of carboxylic acids is 2. The van der Waals surface area contributed by atoms with Gasteiger partial charge in [-0.3, -0.25) is 0 Å². The maximum Gasteiger partial charge on any atom is 0.339 e. The number of fused-ring (bicyclic) bond motifs is 1. The van der Waals surface area contributed by atoms with Crippen LogP contribution >= 0.6 is 0 Å². The van der Waals surface area contributed by atoms with Gasteiger partial charge in [0.15, 0.2) is 0 Å². The maximum atomic E-state index is 11.3. The van der Waals surface area contributed by atoms with E-state index >= 15 is 0 Å². The summed E-state index contributed by atoms with van der Waals surface area (Å²) in [6, 6.07) is 20.5. The van der Waals surface area contributed by atoms with Crippen molar-refractivity contribution < 1.29 is 30.0 Å². The molecule has 0 spiro atoms. The van der Waals surface area contributed by atoms with Crippen LogP contribution in [0.3, 0.4) is 0 Å². The minimum atomic E-state index is -1.20. The number of hydrogen-bond donors (Lipinski definition) is 4. The monoisotopic (exact) mass is 452 g/mol. The molecular formula is C28H20O6. The van der Waals surface area contributed by atoms with Crippen LogP contribution in [0.4, 0.5) is 0 Å². The molecule has 4 N–H and O–H groups in total. The van der Waals surface area contributed by atoms with Crippen LogP contribution in [0.2, 0.25) is 0 Å². The molecule has 0 aliphatic carbocycles. The van der Waals surface area contributed by atoms with E-state index in [1.54, 1.807) is 24.3 Å². The van der Waals surface area contributed by atoms with Crippen molar-refractivity contribution in [1.29, 1.82) is 0 Å². The zero-order chi connectivity index (χ0) is 24.2. The minimum Gasteiger partial charge on any atom is -0.507 e. The zero-order valence-corrected chi connectivity index (χ0v) is 17.8. The predicted octanol–water partition coefficient (Wildman–Crippen LogP) is 5.99. The van der Waals surface area contributed by atoms with Crippen LogP contribution in [-0.2, 0) is 0 Å². The van der Waals surface area contributed by atoms with E-state index in [0.717, 1.165) is 21.9 Å². The molecule has 0 aromatic heterocycles. The number of carbonyl (C=O) groups is 2. The molecular weight excluding hydrogens is 432 g/mol. The highest BCUT2D eigenvalue weighted by Crippen LogP contribution is 2.27. The van der Waals surface area contributed by atoms with E-state index in [-0.39, 0.29) is 22.6 Å². The summed E-state index contributed by atoms with van der Waals surface area (Å²) >= 11 is 0. The second-order valence-corrected chi connectivity index (χ2v) is 7.62. The molecule has 4 rings (SSSR count). The van der Waals surface area contributed by atoms with Crippen molar-refractivity contribution in [2.45, 2.75) is 0 Å². The number of hydrogen-bond acceptors (Lipinski definition) is 4. The molecule has 0 unspecified atom stereocenters. The van der Waals surface area contributed by atoms with Crippen LogP contribution in [0.1, 0.15) is 43.0 Å². The summed E-state index contributed by atoms with van der Waals surface area (Å²) in [6.45, 7) is 0. The second kappa shape index (κ2) is 9.34. The van der Waals surface area contributed by atoms with Gasteiger partial charge in [-0.25, -0.2) is 9.59 Å². The molecule has 34 heavy (non-hydrogen) atoms. The molecule has 4 aromatic carbocycles.